The molecular weight excluding hydrogens is 349 g/mol. The molecule has 0 unspecified atom stereocenters. The summed E-state index contributed by atoms with van der Waals surface area (Å²) in [6.07, 6.45) is -0.520. The minimum Gasteiger partial charge on any atom is -0.450 e. The van der Waals surface area contributed by atoms with Crippen molar-refractivity contribution in [1.82, 2.24) is 4.90 Å². The van der Waals surface area contributed by atoms with Gasteiger partial charge in [-0.25, -0.2) is 9.18 Å². The van der Waals surface area contributed by atoms with Crippen molar-refractivity contribution in [3.63, 3.8) is 0 Å². The molecule has 1 saturated heterocycles. The number of amides is 2. The number of nitrogens with one attached hydrogen (secondary N) is 1. The molecule has 0 radical (unpaired) electrons. The van der Waals surface area contributed by atoms with Crippen LogP contribution in [0.5, 0.6) is 0 Å². The maximum absolute atomic E-state index is 13.0. The molecule has 142 valence electrons. The number of benzene rings is 2. The number of hydrogen-bond donors (Lipinski definition) is 1. The summed E-state index contributed by atoms with van der Waals surface area (Å²) in [5, 5.41) is 2.60. The first-order valence-electron chi connectivity index (χ1n) is 8.90. The van der Waals surface area contributed by atoms with Gasteiger partial charge >= 0.3 is 6.09 Å². The van der Waals surface area contributed by atoms with Gasteiger partial charge in [-0.3, -0.25) is 10.1 Å². The summed E-state index contributed by atoms with van der Waals surface area (Å²) >= 11 is 0. The first kappa shape index (κ1) is 18.7. The summed E-state index contributed by atoms with van der Waals surface area (Å²) in [4.78, 5) is 28.0. The van der Waals surface area contributed by atoms with Gasteiger partial charge in [0.05, 0.1) is 6.61 Å². The van der Waals surface area contributed by atoms with E-state index in [4.69, 9.17) is 4.74 Å². The molecule has 3 rings (SSSR count). The molecule has 6 nitrogen and oxygen atoms in total. The Kier molecular flexibility index (Phi) is 5.90. The third kappa shape index (κ3) is 4.75. The fourth-order valence-electron chi connectivity index (χ4n) is 2.98. The van der Waals surface area contributed by atoms with E-state index in [-0.39, 0.29) is 11.7 Å². The van der Waals surface area contributed by atoms with Crippen LogP contribution in [0.4, 0.5) is 20.6 Å². The summed E-state index contributed by atoms with van der Waals surface area (Å²) in [6.45, 7) is 4.61. The van der Waals surface area contributed by atoms with Crippen molar-refractivity contribution in [2.24, 2.45) is 0 Å². The predicted molar refractivity (Wildman–Crippen MR) is 102 cm³/mol. The molecule has 2 aromatic rings. The Bertz CT molecular complexity index is 785. The van der Waals surface area contributed by atoms with E-state index >= 15 is 0 Å². The second kappa shape index (κ2) is 8.53. The number of rotatable bonds is 4. The molecule has 0 saturated carbocycles. The van der Waals surface area contributed by atoms with Gasteiger partial charge < -0.3 is 14.5 Å². The predicted octanol–water partition coefficient (Wildman–Crippen LogP) is 3.36. The summed E-state index contributed by atoms with van der Waals surface area (Å²) in [6, 6.07) is 13.1. The summed E-state index contributed by atoms with van der Waals surface area (Å²) < 4.78 is 17.9. The van der Waals surface area contributed by atoms with E-state index in [1.54, 1.807) is 48.2 Å². The van der Waals surface area contributed by atoms with Crippen LogP contribution >= 0.6 is 0 Å². The summed E-state index contributed by atoms with van der Waals surface area (Å²) in [5.74, 6) is -0.301. The van der Waals surface area contributed by atoms with Gasteiger partial charge in [0.1, 0.15) is 5.82 Å². The molecule has 7 heteroatoms. The lowest BCUT2D eigenvalue weighted by Gasteiger charge is -2.36. The van der Waals surface area contributed by atoms with Crippen molar-refractivity contribution in [1.29, 1.82) is 0 Å². The second-order valence-electron chi connectivity index (χ2n) is 6.18. The van der Waals surface area contributed by atoms with E-state index in [0.29, 0.717) is 44.0 Å². The molecule has 0 aromatic heterocycles. The first-order chi connectivity index (χ1) is 13.1. The van der Waals surface area contributed by atoms with Crippen molar-refractivity contribution < 1.29 is 18.7 Å². The topological polar surface area (TPSA) is 61.9 Å². The zero-order valence-corrected chi connectivity index (χ0v) is 15.2. The van der Waals surface area contributed by atoms with Crippen LogP contribution < -0.4 is 10.2 Å². The van der Waals surface area contributed by atoms with E-state index < -0.39 is 6.09 Å². The monoisotopic (exact) mass is 371 g/mol. The highest BCUT2D eigenvalue weighted by Gasteiger charge is 2.22. The maximum Gasteiger partial charge on any atom is 0.411 e. The standard InChI is InChI=1S/C20H22FN3O3/c1-2-27-20(26)22-17-7-3-15(4-8-17)19(25)24-13-11-23(12-14-24)18-9-5-16(21)6-10-18/h3-10H,2,11-14H2,1H3,(H,22,26). The average molecular weight is 371 g/mol. The Morgan fingerprint density at radius 1 is 1.00 bits per heavy atom. The van der Waals surface area contributed by atoms with E-state index in [9.17, 15) is 14.0 Å². The molecular formula is C20H22FN3O3. The molecule has 1 aliphatic rings. The third-order valence-electron chi connectivity index (χ3n) is 4.41. The highest BCUT2D eigenvalue weighted by molar-refractivity contribution is 5.95. The molecule has 1 aliphatic heterocycles. The number of carbonyl (C=O) groups is 2. The van der Waals surface area contributed by atoms with Gasteiger partial charge in [0.2, 0.25) is 0 Å². The Hall–Kier alpha value is -3.09. The Morgan fingerprint density at radius 2 is 1.63 bits per heavy atom. The van der Waals surface area contributed by atoms with Crippen LogP contribution in [0.2, 0.25) is 0 Å². The summed E-state index contributed by atoms with van der Waals surface area (Å²) in [5.41, 5.74) is 2.10. The van der Waals surface area contributed by atoms with Gasteiger partial charge in [0.15, 0.2) is 0 Å². The number of nitrogens with zero attached hydrogens (tertiary/aromatic N) is 2. The SMILES string of the molecule is CCOC(=O)Nc1ccc(C(=O)N2CCN(c3ccc(F)cc3)CC2)cc1. The van der Waals surface area contributed by atoms with Gasteiger partial charge in [-0.15, -0.1) is 0 Å². The molecule has 0 atom stereocenters. The van der Waals surface area contributed by atoms with Crippen molar-refractivity contribution in [2.75, 3.05) is 43.0 Å². The Morgan fingerprint density at radius 3 is 2.22 bits per heavy atom. The van der Waals surface area contributed by atoms with Gasteiger partial charge in [-0.05, 0) is 55.5 Å². The lowest BCUT2D eigenvalue weighted by molar-refractivity contribution is 0.0747. The molecule has 1 N–H and O–H groups in total. The van der Waals surface area contributed by atoms with Gasteiger partial charge in [0.25, 0.3) is 5.91 Å². The third-order valence-corrected chi connectivity index (χ3v) is 4.41. The Labute approximate surface area is 157 Å². The lowest BCUT2D eigenvalue weighted by atomic mass is 10.1. The van der Waals surface area contributed by atoms with E-state index in [2.05, 4.69) is 10.2 Å². The zero-order valence-electron chi connectivity index (χ0n) is 15.2. The quantitative estimate of drug-likeness (QED) is 0.895. The Balaban J connectivity index is 1.55. The van der Waals surface area contributed by atoms with E-state index in [0.717, 1.165) is 5.69 Å². The second-order valence-corrected chi connectivity index (χ2v) is 6.18. The molecule has 2 aromatic carbocycles. The number of piperazine rings is 1. The van der Waals surface area contributed by atoms with Gasteiger partial charge in [0, 0.05) is 43.1 Å². The zero-order chi connectivity index (χ0) is 19.2. The molecule has 0 bridgehead atoms. The number of carbonyl (C=O) groups excluding carboxylic acids is 2. The molecule has 0 spiro atoms. The van der Waals surface area contributed by atoms with Crippen molar-refractivity contribution in [3.8, 4) is 0 Å². The van der Waals surface area contributed by atoms with Crippen molar-refractivity contribution in [3.05, 3.63) is 59.9 Å². The molecule has 27 heavy (non-hydrogen) atoms. The normalized spacial score (nSPS) is 14.0. The number of hydrogen-bond acceptors (Lipinski definition) is 4. The lowest BCUT2D eigenvalue weighted by Crippen LogP contribution is -2.48. The minimum absolute atomic E-state index is 0.0450. The number of halogens is 1. The number of anilines is 2. The van der Waals surface area contributed by atoms with Crippen LogP contribution in [-0.2, 0) is 4.74 Å². The fraction of sp³-hybridized carbons (Fsp3) is 0.300. The minimum atomic E-state index is -0.520. The van der Waals surface area contributed by atoms with E-state index in [1.165, 1.54) is 12.1 Å². The first-order valence-corrected chi connectivity index (χ1v) is 8.90. The van der Waals surface area contributed by atoms with Crippen molar-refractivity contribution >= 4 is 23.4 Å². The smallest absolute Gasteiger partial charge is 0.411 e. The van der Waals surface area contributed by atoms with Crippen LogP contribution in [0.15, 0.2) is 48.5 Å². The molecule has 0 aliphatic carbocycles. The average Bonchev–Trinajstić information content (AvgIpc) is 2.69. The highest BCUT2D eigenvalue weighted by Crippen LogP contribution is 2.18. The number of ether oxygens (including phenoxy) is 1. The largest absolute Gasteiger partial charge is 0.450 e. The molecule has 1 fully saturated rings. The molecule has 2 amide bonds. The maximum atomic E-state index is 13.0. The molecule has 1 heterocycles. The highest BCUT2D eigenvalue weighted by atomic mass is 19.1. The van der Waals surface area contributed by atoms with Crippen molar-refractivity contribution in [2.45, 2.75) is 6.92 Å². The van der Waals surface area contributed by atoms with Crippen LogP contribution in [0.1, 0.15) is 17.3 Å². The fourth-order valence-corrected chi connectivity index (χ4v) is 2.98. The summed E-state index contributed by atoms with van der Waals surface area (Å²) in [7, 11) is 0. The van der Waals surface area contributed by atoms with Crippen LogP contribution in [0.3, 0.4) is 0 Å². The van der Waals surface area contributed by atoms with E-state index in [1.807, 2.05) is 0 Å². The van der Waals surface area contributed by atoms with Crippen LogP contribution in [0, 0.1) is 5.82 Å². The van der Waals surface area contributed by atoms with Crippen LogP contribution in [0.25, 0.3) is 0 Å². The van der Waals surface area contributed by atoms with Gasteiger partial charge in [-0.1, -0.05) is 0 Å². The van der Waals surface area contributed by atoms with Gasteiger partial charge in [-0.2, -0.15) is 0 Å². The van der Waals surface area contributed by atoms with Crippen LogP contribution in [-0.4, -0.2) is 49.7 Å².